The van der Waals surface area contributed by atoms with Gasteiger partial charge in [0.2, 0.25) is 0 Å². The van der Waals surface area contributed by atoms with Gasteiger partial charge in [-0.2, -0.15) is 0 Å². The summed E-state index contributed by atoms with van der Waals surface area (Å²) in [4.78, 5) is 0. The molecule has 4 atom stereocenters. The van der Waals surface area contributed by atoms with E-state index >= 15 is 0 Å². The number of fused-ring (bicyclic) bond motifs is 2. The summed E-state index contributed by atoms with van der Waals surface area (Å²) in [6.07, 6.45) is 3.55. The van der Waals surface area contributed by atoms with Crippen molar-refractivity contribution in [2.75, 3.05) is 20.3 Å². The number of aromatic hydroxyl groups is 2. The summed E-state index contributed by atoms with van der Waals surface area (Å²) in [5.41, 5.74) is 5.48. The maximum Gasteiger partial charge on any atom is 0.128 e. The number of hydrogen-bond donors (Lipinski definition) is 4. The van der Waals surface area contributed by atoms with Gasteiger partial charge < -0.3 is 39.4 Å². The molecule has 3 aliphatic rings. The van der Waals surface area contributed by atoms with Crippen LogP contribution in [0.5, 0.6) is 34.5 Å². The highest BCUT2D eigenvalue weighted by Gasteiger charge is 2.43. The van der Waals surface area contributed by atoms with Crippen LogP contribution < -0.4 is 18.9 Å². The first-order valence-corrected chi connectivity index (χ1v) is 16.6. The Morgan fingerprint density at radius 1 is 0.766 bits per heavy atom. The van der Waals surface area contributed by atoms with Gasteiger partial charge in [0.1, 0.15) is 34.5 Å². The van der Waals surface area contributed by atoms with E-state index in [0.717, 1.165) is 53.5 Å². The van der Waals surface area contributed by atoms with Crippen molar-refractivity contribution in [1.82, 2.24) is 0 Å². The highest BCUT2D eigenvalue weighted by atomic mass is 16.5. The minimum Gasteiger partial charge on any atom is -0.508 e. The summed E-state index contributed by atoms with van der Waals surface area (Å²) in [6, 6.07) is 20.1. The molecular weight excluding hydrogens is 596 g/mol. The zero-order valence-corrected chi connectivity index (χ0v) is 26.8. The highest BCUT2D eigenvalue weighted by Crippen LogP contribution is 2.49. The van der Waals surface area contributed by atoms with Crippen LogP contribution in [0.3, 0.4) is 0 Å². The highest BCUT2D eigenvalue weighted by molar-refractivity contribution is 5.72. The number of phenols is 2. The standard InChI is InChI=1S/C39H42O8/c1-3-22-16-30(23-7-6-8-26(40)14-23)24(17-35(22)41)13-25-15-29(47-27-9-4-5-10-27)19-32-38(43)34(21-46-39(25)32)33-20-45-36-12-11-28(44-2)18-31(36)37(33)42/h6-8,11-12,14-19,27,33-34,37-38,40-43H,3-5,9-10,13,20-21H2,1-2H3/t33-,34-,37+,38-/m1/s1. The lowest BCUT2D eigenvalue weighted by Crippen LogP contribution is -2.40. The average Bonchev–Trinajstić information content (AvgIpc) is 3.59. The van der Waals surface area contributed by atoms with Crippen LogP contribution in [0.1, 0.15) is 72.6 Å². The maximum absolute atomic E-state index is 12.0. The van der Waals surface area contributed by atoms with Gasteiger partial charge in [0.05, 0.1) is 38.6 Å². The first kappa shape index (κ1) is 31.2. The molecule has 0 unspecified atom stereocenters. The zero-order chi connectivity index (χ0) is 32.7. The number of hydrogen-bond acceptors (Lipinski definition) is 8. The summed E-state index contributed by atoms with van der Waals surface area (Å²) < 4.78 is 24.4. The van der Waals surface area contributed by atoms with Crippen LogP contribution in [0, 0.1) is 11.8 Å². The number of aryl methyl sites for hydroxylation is 1. The van der Waals surface area contributed by atoms with Crippen molar-refractivity contribution in [1.29, 1.82) is 0 Å². The number of benzene rings is 4. The molecule has 0 spiro atoms. The lowest BCUT2D eigenvalue weighted by Gasteiger charge is -2.40. The third kappa shape index (κ3) is 6.08. The minimum absolute atomic E-state index is 0.106. The van der Waals surface area contributed by atoms with Gasteiger partial charge >= 0.3 is 0 Å². The molecule has 1 saturated carbocycles. The topological polar surface area (TPSA) is 118 Å². The molecule has 2 aliphatic heterocycles. The molecule has 1 fully saturated rings. The van der Waals surface area contributed by atoms with E-state index in [1.54, 1.807) is 43.5 Å². The first-order chi connectivity index (χ1) is 22.8. The second kappa shape index (κ2) is 13.0. The van der Waals surface area contributed by atoms with E-state index in [2.05, 4.69) is 0 Å². The molecular formula is C39H42O8. The molecule has 0 saturated heterocycles. The molecule has 4 aromatic carbocycles. The van der Waals surface area contributed by atoms with Crippen LogP contribution in [0.15, 0.2) is 66.7 Å². The minimum atomic E-state index is -0.943. The first-order valence-electron chi connectivity index (χ1n) is 16.6. The molecule has 8 heteroatoms. The predicted octanol–water partition coefficient (Wildman–Crippen LogP) is 7.03. The van der Waals surface area contributed by atoms with Crippen molar-refractivity contribution in [3.8, 4) is 45.6 Å². The summed E-state index contributed by atoms with van der Waals surface area (Å²) in [5, 5.41) is 44.7. The number of rotatable bonds is 8. The molecule has 7 rings (SSSR count). The van der Waals surface area contributed by atoms with Crippen molar-refractivity contribution in [2.24, 2.45) is 11.8 Å². The Morgan fingerprint density at radius 3 is 2.26 bits per heavy atom. The number of ether oxygens (including phenoxy) is 4. The third-order valence-electron chi connectivity index (χ3n) is 10.1. The molecule has 1 aliphatic carbocycles. The second-order valence-corrected chi connectivity index (χ2v) is 13.0. The predicted molar refractivity (Wildman–Crippen MR) is 178 cm³/mol. The number of methoxy groups -OCH3 is 1. The third-order valence-corrected chi connectivity index (χ3v) is 10.1. The maximum atomic E-state index is 12.0. The molecule has 47 heavy (non-hydrogen) atoms. The summed E-state index contributed by atoms with van der Waals surface area (Å²) in [5.74, 6) is 1.99. The fourth-order valence-corrected chi connectivity index (χ4v) is 7.47. The molecule has 4 aromatic rings. The van der Waals surface area contributed by atoms with E-state index in [-0.39, 0.29) is 30.8 Å². The van der Waals surface area contributed by atoms with Gasteiger partial charge in [0, 0.05) is 34.9 Å². The fourth-order valence-electron chi connectivity index (χ4n) is 7.47. The summed E-state index contributed by atoms with van der Waals surface area (Å²) in [7, 11) is 1.58. The van der Waals surface area contributed by atoms with Crippen LogP contribution >= 0.6 is 0 Å². The van der Waals surface area contributed by atoms with Crippen molar-refractivity contribution in [3.05, 3.63) is 94.5 Å². The Bertz CT molecular complexity index is 1760. The smallest absolute Gasteiger partial charge is 0.128 e. The quantitative estimate of drug-likeness (QED) is 0.163. The summed E-state index contributed by atoms with van der Waals surface area (Å²) in [6.45, 7) is 2.42. The molecule has 0 bridgehead atoms. The van der Waals surface area contributed by atoms with E-state index in [0.29, 0.717) is 47.0 Å². The Labute approximate surface area is 275 Å². The van der Waals surface area contributed by atoms with Gasteiger partial charge in [-0.3, -0.25) is 0 Å². The molecule has 0 amide bonds. The van der Waals surface area contributed by atoms with Crippen molar-refractivity contribution < 1.29 is 39.4 Å². The monoisotopic (exact) mass is 638 g/mol. The van der Waals surface area contributed by atoms with Crippen molar-refractivity contribution in [2.45, 2.75) is 63.8 Å². The van der Waals surface area contributed by atoms with E-state index in [1.165, 1.54) is 0 Å². The Balaban J connectivity index is 1.27. The van der Waals surface area contributed by atoms with Gasteiger partial charge in [-0.05, 0) is 109 Å². The largest absolute Gasteiger partial charge is 0.508 e. The molecule has 2 heterocycles. The molecule has 0 radical (unpaired) electrons. The van der Waals surface area contributed by atoms with Gasteiger partial charge in [-0.25, -0.2) is 0 Å². The van der Waals surface area contributed by atoms with Gasteiger partial charge in [-0.1, -0.05) is 19.1 Å². The average molecular weight is 639 g/mol. The molecule has 246 valence electrons. The molecule has 8 nitrogen and oxygen atoms in total. The Morgan fingerprint density at radius 2 is 1.51 bits per heavy atom. The molecule has 0 aromatic heterocycles. The van der Waals surface area contributed by atoms with Crippen LogP contribution in [0.25, 0.3) is 11.1 Å². The van der Waals surface area contributed by atoms with E-state index in [9.17, 15) is 20.4 Å². The lowest BCUT2D eigenvalue weighted by molar-refractivity contribution is -0.0554. The van der Waals surface area contributed by atoms with E-state index in [1.807, 2.05) is 37.3 Å². The summed E-state index contributed by atoms with van der Waals surface area (Å²) >= 11 is 0. The number of phenolic OH excluding ortho intramolecular Hbond substituents is 2. The Hall–Kier alpha value is -4.40. The second-order valence-electron chi connectivity index (χ2n) is 13.0. The number of aliphatic hydroxyl groups excluding tert-OH is 2. The van der Waals surface area contributed by atoms with Crippen LogP contribution in [0.4, 0.5) is 0 Å². The van der Waals surface area contributed by atoms with Gasteiger partial charge in [-0.15, -0.1) is 0 Å². The van der Waals surface area contributed by atoms with Gasteiger partial charge in [0.25, 0.3) is 0 Å². The Kier molecular flexibility index (Phi) is 8.64. The fraction of sp³-hybridized carbons (Fsp3) is 0.385. The van der Waals surface area contributed by atoms with Crippen molar-refractivity contribution in [3.63, 3.8) is 0 Å². The van der Waals surface area contributed by atoms with Crippen molar-refractivity contribution >= 4 is 0 Å². The lowest BCUT2D eigenvalue weighted by atomic mass is 9.77. The van der Waals surface area contributed by atoms with Crippen LogP contribution in [-0.4, -0.2) is 46.9 Å². The zero-order valence-electron chi connectivity index (χ0n) is 26.8. The van der Waals surface area contributed by atoms with E-state index in [4.69, 9.17) is 18.9 Å². The number of aliphatic hydroxyl groups is 2. The normalized spacial score (nSPS) is 22.1. The van der Waals surface area contributed by atoms with E-state index < -0.39 is 24.0 Å². The van der Waals surface area contributed by atoms with Crippen LogP contribution in [0.2, 0.25) is 0 Å². The van der Waals surface area contributed by atoms with Crippen LogP contribution in [-0.2, 0) is 12.8 Å². The SMILES string of the molecule is CCc1cc(-c2cccc(O)c2)c(Cc2cc(OC3CCCC3)cc3c2OC[C@H]([C@H]2COc4ccc(OC)cc4[C@@H]2O)[C@@H]3O)cc1O. The molecule has 4 N–H and O–H groups in total. The van der Waals surface area contributed by atoms with Gasteiger partial charge in [0.15, 0.2) is 0 Å².